The summed E-state index contributed by atoms with van der Waals surface area (Å²) in [4.78, 5) is 46.7. The Morgan fingerprint density at radius 1 is 0.868 bits per heavy atom. The van der Waals surface area contributed by atoms with Gasteiger partial charge in [-0.2, -0.15) is 0 Å². The van der Waals surface area contributed by atoms with Crippen LogP contribution in [0.3, 0.4) is 0 Å². The third-order valence-electron chi connectivity index (χ3n) is 5.55. The van der Waals surface area contributed by atoms with Gasteiger partial charge in [0.2, 0.25) is 0 Å². The molecule has 2 aromatic carbocycles. The summed E-state index contributed by atoms with van der Waals surface area (Å²) in [6, 6.07) is 21.0. The summed E-state index contributed by atoms with van der Waals surface area (Å²) in [7, 11) is 0. The normalized spacial score (nSPS) is 10.9. The summed E-state index contributed by atoms with van der Waals surface area (Å²) in [5, 5.41) is 21.1. The molecule has 3 heterocycles. The van der Waals surface area contributed by atoms with Crippen molar-refractivity contribution in [2.75, 3.05) is 12.3 Å². The Kier molecular flexibility index (Phi) is 6.92. The minimum absolute atomic E-state index is 0.272. The largest absolute Gasteiger partial charge is 0.477 e. The van der Waals surface area contributed by atoms with Gasteiger partial charge in [-0.25, -0.2) is 19.6 Å². The maximum atomic E-state index is 12.5. The Hall–Kier alpha value is -4.90. The number of carboxylic acids is 2. The van der Waals surface area contributed by atoms with Gasteiger partial charge in [0.25, 0.3) is 5.91 Å². The van der Waals surface area contributed by atoms with Crippen molar-refractivity contribution in [3.05, 3.63) is 89.7 Å². The van der Waals surface area contributed by atoms with E-state index < -0.39 is 11.9 Å². The molecular weight excluding hydrogens is 508 g/mol. The van der Waals surface area contributed by atoms with Crippen molar-refractivity contribution in [2.45, 2.75) is 4.90 Å². The first-order chi connectivity index (χ1) is 18.4. The number of aromatic amines is 1. The van der Waals surface area contributed by atoms with E-state index in [0.717, 1.165) is 16.6 Å². The predicted molar refractivity (Wildman–Crippen MR) is 140 cm³/mol. The van der Waals surface area contributed by atoms with E-state index in [-0.39, 0.29) is 23.8 Å². The zero-order valence-electron chi connectivity index (χ0n) is 19.7. The molecule has 190 valence electrons. The molecule has 1 amide bonds. The third kappa shape index (κ3) is 5.42. The van der Waals surface area contributed by atoms with Crippen molar-refractivity contribution in [1.29, 1.82) is 0 Å². The van der Waals surface area contributed by atoms with Crippen LogP contribution < -0.4 is 5.32 Å². The number of pyridine rings is 1. The van der Waals surface area contributed by atoms with Crippen molar-refractivity contribution in [3.8, 4) is 22.9 Å². The second-order valence-corrected chi connectivity index (χ2v) is 9.30. The first kappa shape index (κ1) is 24.8. The van der Waals surface area contributed by atoms with Gasteiger partial charge in [0.1, 0.15) is 17.1 Å². The molecule has 38 heavy (non-hydrogen) atoms. The lowest BCUT2D eigenvalue weighted by Crippen LogP contribution is -2.25. The highest BCUT2D eigenvalue weighted by Crippen LogP contribution is 2.28. The molecule has 4 N–H and O–H groups in total. The molecule has 0 bridgehead atoms. The van der Waals surface area contributed by atoms with Gasteiger partial charge < -0.3 is 24.9 Å². The number of carbonyl (C=O) groups is 3. The number of thioether (sulfide) groups is 1. The van der Waals surface area contributed by atoms with Gasteiger partial charge >= 0.3 is 11.9 Å². The van der Waals surface area contributed by atoms with Crippen LogP contribution in [0.1, 0.15) is 31.3 Å². The van der Waals surface area contributed by atoms with E-state index in [1.165, 1.54) is 23.9 Å². The summed E-state index contributed by atoms with van der Waals surface area (Å²) in [6.07, 6.45) is 0. The number of amides is 1. The molecule has 0 radical (unpaired) electrons. The van der Waals surface area contributed by atoms with Gasteiger partial charge in [0, 0.05) is 28.3 Å². The van der Waals surface area contributed by atoms with Crippen LogP contribution in [0.15, 0.2) is 82.1 Å². The van der Waals surface area contributed by atoms with Gasteiger partial charge in [0.15, 0.2) is 11.6 Å². The average Bonchev–Trinajstić information content (AvgIpc) is 3.58. The molecule has 3 aromatic heterocycles. The number of aromatic carboxylic acids is 2. The smallest absolute Gasteiger partial charge is 0.354 e. The summed E-state index contributed by atoms with van der Waals surface area (Å²) in [5.41, 5.74) is 2.35. The van der Waals surface area contributed by atoms with Gasteiger partial charge in [0.05, 0.1) is 11.0 Å². The van der Waals surface area contributed by atoms with Crippen LogP contribution in [-0.4, -0.2) is 55.3 Å². The summed E-state index contributed by atoms with van der Waals surface area (Å²) < 4.78 is 5.98. The molecule has 11 heteroatoms. The molecular formula is C27H20N4O6S. The molecule has 10 nitrogen and oxygen atoms in total. The monoisotopic (exact) mass is 528 g/mol. The summed E-state index contributed by atoms with van der Waals surface area (Å²) in [5.74, 6) is -0.608. The van der Waals surface area contributed by atoms with E-state index in [1.54, 1.807) is 24.3 Å². The molecule has 0 aliphatic heterocycles. The average molecular weight is 529 g/mol. The molecule has 5 rings (SSSR count). The minimum Gasteiger partial charge on any atom is -0.477 e. The van der Waals surface area contributed by atoms with Gasteiger partial charge in [-0.15, -0.1) is 11.8 Å². The topological polar surface area (TPSA) is 158 Å². The third-order valence-corrected chi connectivity index (χ3v) is 6.53. The first-order valence-corrected chi connectivity index (χ1v) is 12.4. The molecule has 0 unspecified atom stereocenters. The molecule has 0 fully saturated rings. The van der Waals surface area contributed by atoms with Crippen molar-refractivity contribution >= 4 is 40.6 Å². The van der Waals surface area contributed by atoms with Gasteiger partial charge in [-0.1, -0.05) is 24.3 Å². The molecule has 5 aromatic rings. The molecule has 0 spiro atoms. The maximum absolute atomic E-state index is 12.5. The van der Waals surface area contributed by atoms with Crippen LogP contribution in [0, 0.1) is 0 Å². The molecule has 0 atom stereocenters. The Labute approximate surface area is 219 Å². The van der Waals surface area contributed by atoms with Gasteiger partial charge in [-0.3, -0.25) is 4.79 Å². The van der Waals surface area contributed by atoms with Crippen molar-refractivity contribution < 1.29 is 29.0 Å². The molecule has 0 saturated carbocycles. The fraction of sp³-hybridized carbons (Fsp3) is 0.0741. The Morgan fingerprint density at radius 2 is 1.55 bits per heavy atom. The number of benzene rings is 2. The lowest BCUT2D eigenvalue weighted by Gasteiger charge is -2.07. The number of nitrogens with one attached hydrogen (secondary N) is 2. The fourth-order valence-corrected chi connectivity index (χ4v) is 4.55. The van der Waals surface area contributed by atoms with E-state index in [2.05, 4.69) is 20.3 Å². The van der Waals surface area contributed by atoms with Crippen LogP contribution in [0.5, 0.6) is 0 Å². The predicted octanol–water partition coefficient (Wildman–Crippen LogP) is 4.80. The van der Waals surface area contributed by atoms with Crippen LogP contribution in [0.4, 0.5) is 0 Å². The second kappa shape index (κ2) is 10.6. The highest BCUT2D eigenvalue weighted by atomic mass is 32.2. The SMILES string of the molecule is O=C(NCCSc1cc(C(=O)O)nc(C(=O)O)c1)c1ccc(-c2ccc(-c3nc4ccccc4[nH]3)o2)cc1. The lowest BCUT2D eigenvalue weighted by atomic mass is 10.1. The van der Waals surface area contributed by atoms with Crippen LogP contribution in [0.25, 0.3) is 33.9 Å². The molecule has 0 aliphatic carbocycles. The Balaban J connectivity index is 1.17. The Bertz CT molecular complexity index is 1590. The van der Waals surface area contributed by atoms with E-state index in [4.69, 9.17) is 14.6 Å². The fourth-order valence-electron chi connectivity index (χ4n) is 3.72. The van der Waals surface area contributed by atoms with Crippen LogP contribution in [-0.2, 0) is 0 Å². The number of H-pyrrole nitrogens is 1. The Morgan fingerprint density at radius 3 is 2.24 bits per heavy atom. The van der Waals surface area contributed by atoms with E-state index in [9.17, 15) is 14.4 Å². The zero-order valence-corrected chi connectivity index (χ0v) is 20.5. The minimum atomic E-state index is -1.31. The number of para-hydroxylation sites is 2. The standard InChI is InChI=1S/C27H20N4O6S/c32-25(28-11-12-38-17-13-20(26(33)34)29-21(14-17)27(35)36)16-7-5-15(6-8-16)22-9-10-23(37-22)24-30-18-3-1-2-4-19(18)31-24/h1-10,13-14H,11-12H2,(H,28,32)(H,30,31)(H,33,34)(H,35,36). The number of hydrogen-bond donors (Lipinski definition) is 4. The highest BCUT2D eigenvalue weighted by Gasteiger charge is 2.14. The van der Waals surface area contributed by atoms with Crippen molar-refractivity contribution in [1.82, 2.24) is 20.3 Å². The van der Waals surface area contributed by atoms with E-state index in [1.807, 2.05) is 36.4 Å². The number of nitrogens with zero attached hydrogens (tertiary/aromatic N) is 2. The number of rotatable bonds is 9. The lowest BCUT2D eigenvalue weighted by molar-refractivity contribution is 0.0683. The zero-order chi connectivity index (χ0) is 26.6. The maximum Gasteiger partial charge on any atom is 0.354 e. The van der Waals surface area contributed by atoms with E-state index >= 15 is 0 Å². The summed E-state index contributed by atoms with van der Waals surface area (Å²) in [6.45, 7) is 0.289. The number of aromatic nitrogens is 3. The quantitative estimate of drug-likeness (QED) is 0.156. The number of hydrogen-bond acceptors (Lipinski definition) is 7. The second-order valence-electron chi connectivity index (χ2n) is 8.13. The molecule has 0 aliphatic rings. The number of carboxylic acid groups (broad SMARTS) is 2. The van der Waals surface area contributed by atoms with E-state index in [0.29, 0.717) is 33.6 Å². The van der Waals surface area contributed by atoms with Crippen molar-refractivity contribution in [2.24, 2.45) is 0 Å². The van der Waals surface area contributed by atoms with Gasteiger partial charge in [-0.05, 0) is 48.5 Å². The van der Waals surface area contributed by atoms with Crippen LogP contribution >= 0.6 is 11.8 Å². The highest BCUT2D eigenvalue weighted by molar-refractivity contribution is 7.99. The summed E-state index contributed by atoms with van der Waals surface area (Å²) >= 11 is 1.22. The number of furan rings is 1. The number of imidazole rings is 1. The number of carbonyl (C=O) groups excluding carboxylic acids is 1. The first-order valence-electron chi connectivity index (χ1n) is 11.4. The molecule has 0 saturated heterocycles. The van der Waals surface area contributed by atoms with Crippen molar-refractivity contribution in [3.63, 3.8) is 0 Å². The number of fused-ring (bicyclic) bond motifs is 1. The van der Waals surface area contributed by atoms with Crippen LogP contribution in [0.2, 0.25) is 0 Å².